The Morgan fingerprint density at radius 3 is 2.75 bits per heavy atom. The Bertz CT molecular complexity index is 627. The fourth-order valence-electron chi connectivity index (χ4n) is 8.40. The van der Waals surface area contributed by atoms with E-state index >= 15 is 0 Å². The number of aliphatic hydroxyl groups is 1. The molecular weight excluding hydrogens is 348 g/mol. The van der Waals surface area contributed by atoms with Gasteiger partial charge >= 0.3 is 5.97 Å². The fourth-order valence-corrected chi connectivity index (χ4v) is 8.40. The number of carbonyl (C=O) groups excluding carboxylic acids is 1. The van der Waals surface area contributed by atoms with Gasteiger partial charge in [0.05, 0.1) is 13.2 Å². The second-order valence-corrected chi connectivity index (χ2v) is 10.9. The van der Waals surface area contributed by atoms with E-state index in [1.165, 1.54) is 45.6 Å². The summed E-state index contributed by atoms with van der Waals surface area (Å²) in [4.78, 5) is 11.6. The van der Waals surface area contributed by atoms with Gasteiger partial charge in [0.15, 0.2) is 0 Å². The van der Waals surface area contributed by atoms with Gasteiger partial charge in [-0.25, -0.2) is 0 Å². The van der Waals surface area contributed by atoms with Gasteiger partial charge < -0.3 is 9.84 Å². The Labute approximate surface area is 171 Å². The van der Waals surface area contributed by atoms with Crippen molar-refractivity contribution in [3.63, 3.8) is 0 Å². The summed E-state index contributed by atoms with van der Waals surface area (Å²) in [7, 11) is 1.47. The average molecular weight is 389 g/mol. The van der Waals surface area contributed by atoms with Gasteiger partial charge in [-0.1, -0.05) is 32.9 Å². The van der Waals surface area contributed by atoms with E-state index in [9.17, 15) is 9.90 Å². The number of allylic oxidation sites excluding steroid dienone is 2. The molecule has 4 rings (SSSR count). The van der Waals surface area contributed by atoms with Crippen LogP contribution in [0, 0.1) is 46.3 Å². The number of aliphatic hydroxyl groups excluding tert-OH is 1. The topological polar surface area (TPSA) is 46.5 Å². The molecule has 4 aliphatic rings. The first-order valence-electron chi connectivity index (χ1n) is 11.7. The number of hydrogen-bond acceptors (Lipinski definition) is 3. The lowest BCUT2D eigenvalue weighted by molar-refractivity contribution is -0.159. The summed E-state index contributed by atoms with van der Waals surface area (Å²) in [6, 6.07) is 0. The predicted molar refractivity (Wildman–Crippen MR) is 112 cm³/mol. The molecule has 0 amide bonds. The molecule has 3 fully saturated rings. The molecule has 3 heteroatoms. The summed E-state index contributed by atoms with van der Waals surface area (Å²) in [6.45, 7) is 7.21. The molecule has 4 aliphatic carbocycles. The number of esters is 1. The minimum Gasteiger partial charge on any atom is -0.469 e. The van der Waals surface area contributed by atoms with Crippen LogP contribution in [0.15, 0.2) is 12.2 Å². The average Bonchev–Trinajstić information content (AvgIpc) is 3.05. The van der Waals surface area contributed by atoms with Crippen molar-refractivity contribution in [3.05, 3.63) is 12.2 Å². The molecule has 0 saturated heterocycles. The third kappa shape index (κ3) is 2.99. The predicted octanol–water partition coefficient (Wildman–Crippen LogP) is 5.37. The normalized spacial score (nSPS) is 48.3. The number of fused-ring (bicyclic) bond motifs is 5. The lowest BCUT2D eigenvalue weighted by Gasteiger charge is -2.61. The molecule has 0 radical (unpaired) electrons. The standard InChI is InChI=1S/C25H40O3/c1-16(8-13-23(27)28-4)19-11-12-20-18-10-9-17-7-5-6-14-24(17,2)21(18)15-22(26)25(19,20)3/h5,7,16-22,26H,6,8-15H2,1-4H3/t16-,17+,18-,19+,20-,21-,22+,24-,25+/m0/s1. The van der Waals surface area contributed by atoms with Crippen LogP contribution in [0.5, 0.6) is 0 Å². The highest BCUT2D eigenvalue weighted by atomic mass is 16.5. The lowest BCUT2D eigenvalue weighted by Crippen LogP contribution is -2.57. The quantitative estimate of drug-likeness (QED) is 0.520. The molecule has 0 spiro atoms. The summed E-state index contributed by atoms with van der Waals surface area (Å²) >= 11 is 0. The number of rotatable bonds is 4. The molecular formula is C25H40O3. The molecule has 0 heterocycles. The van der Waals surface area contributed by atoms with Gasteiger partial charge in [-0.05, 0) is 97.7 Å². The monoisotopic (exact) mass is 388 g/mol. The highest BCUT2D eigenvalue weighted by Crippen LogP contribution is 2.67. The smallest absolute Gasteiger partial charge is 0.305 e. The minimum absolute atomic E-state index is 0.0183. The van der Waals surface area contributed by atoms with Crippen molar-refractivity contribution >= 4 is 5.97 Å². The van der Waals surface area contributed by atoms with E-state index in [1.54, 1.807) is 0 Å². The molecule has 1 N–H and O–H groups in total. The Hall–Kier alpha value is -0.830. The third-order valence-corrected chi connectivity index (χ3v) is 10.1. The van der Waals surface area contributed by atoms with Crippen LogP contribution in [0.3, 0.4) is 0 Å². The molecule has 3 nitrogen and oxygen atoms in total. The van der Waals surface area contributed by atoms with E-state index in [0.717, 1.165) is 24.7 Å². The molecule has 0 aromatic rings. The van der Waals surface area contributed by atoms with E-state index < -0.39 is 0 Å². The molecule has 9 atom stereocenters. The van der Waals surface area contributed by atoms with Crippen molar-refractivity contribution in [1.82, 2.24) is 0 Å². The molecule has 0 aliphatic heterocycles. The van der Waals surface area contributed by atoms with Crippen LogP contribution in [0.25, 0.3) is 0 Å². The van der Waals surface area contributed by atoms with Gasteiger partial charge in [0.1, 0.15) is 0 Å². The van der Waals surface area contributed by atoms with Crippen LogP contribution in [-0.4, -0.2) is 24.3 Å². The first-order valence-corrected chi connectivity index (χ1v) is 11.7. The largest absolute Gasteiger partial charge is 0.469 e. The maximum atomic E-state index is 11.6. The number of ether oxygens (including phenoxy) is 1. The van der Waals surface area contributed by atoms with Crippen molar-refractivity contribution in [2.45, 2.75) is 84.7 Å². The van der Waals surface area contributed by atoms with E-state index in [4.69, 9.17) is 4.74 Å². The van der Waals surface area contributed by atoms with E-state index in [2.05, 4.69) is 32.9 Å². The molecule has 0 bridgehead atoms. The summed E-state index contributed by atoms with van der Waals surface area (Å²) in [6.07, 6.45) is 14.7. The zero-order chi connectivity index (χ0) is 20.1. The van der Waals surface area contributed by atoms with Crippen LogP contribution < -0.4 is 0 Å². The first-order chi connectivity index (χ1) is 13.3. The Kier molecular flexibility index (Phi) is 5.44. The second kappa shape index (κ2) is 7.45. The second-order valence-electron chi connectivity index (χ2n) is 10.9. The molecule has 0 aromatic heterocycles. The summed E-state index contributed by atoms with van der Waals surface area (Å²) < 4.78 is 4.85. The lowest BCUT2D eigenvalue weighted by atomic mass is 9.44. The maximum Gasteiger partial charge on any atom is 0.305 e. The van der Waals surface area contributed by atoms with Crippen LogP contribution in [-0.2, 0) is 9.53 Å². The summed E-state index contributed by atoms with van der Waals surface area (Å²) in [5.74, 6) is 3.70. The van der Waals surface area contributed by atoms with Gasteiger partial charge in [-0.15, -0.1) is 0 Å². The van der Waals surface area contributed by atoms with Crippen molar-refractivity contribution in [2.24, 2.45) is 46.3 Å². The van der Waals surface area contributed by atoms with Gasteiger partial charge in [0, 0.05) is 6.42 Å². The maximum absolute atomic E-state index is 11.6. The molecule has 28 heavy (non-hydrogen) atoms. The molecule has 0 aromatic carbocycles. The van der Waals surface area contributed by atoms with Crippen molar-refractivity contribution in [1.29, 1.82) is 0 Å². The van der Waals surface area contributed by atoms with Crippen LogP contribution in [0.1, 0.15) is 78.6 Å². The van der Waals surface area contributed by atoms with Crippen LogP contribution in [0.2, 0.25) is 0 Å². The highest BCUT2D eigenvalue weighted by molar-refractivity contribution is 5.69. The van der Waals surface area contributed by atoms with Crippen LogP contribution in [0.4, 0.5) is 0 Å². The van der Waals surface area contributed by atoms with E-state index in [-0.39, 0.29) is 17.5 Å². The Morgan fingerprint density at radius 2 is 2.00 bits per heavy atom. The number of hydrogen-bond donors (Lipinski definition) is 1. The highest BCUT2D eigenvalue weighted by Gasteiger charge is 2.63. The summed E-state index contributed by atoms with van der Waals surface area (Å²) in [5, 5.41) is 11.5. The van der Waals surface area contributed by atoms with Crippen molar-refractivity contribution < 1.29 is 14.6 Å². The van der Waals surface area contributed by atoms with E-state index in [0.29, 0.717) is 35.5 Å². The van der Waals surface area contributed by atoms with Crippen molar-refractivity contribution in [3.8, 4) is 0 Å². The number of carbonyl (C=O) groups is 1. The Morgan fingerprint density at radius 1 is 1.21 bits per heavy atom. The fraction of sp³-hybridized carbons (Fsp3) is 0.880. The first kappa shape index (κ1) is 20.4. The zero-order valence-corrected chi connectivity index (χ0v) is 18.3. The molecule has 0 unspecified atom stereocenters. The molecule has 3 saturated carbocycles. The van der Waals surface area contributed by atoms with Gasteiger partial charge in [-0.2, -0.15) is 0 Å². The van der Waals surface area contributed by atoms with Crippen molar-refractivity contribution in [2.75, 3.05) is 7.11 Å². The molecule has 158 valence electrons. The van der Waals surface area contributed by atoms with Gasteiger partial charge in [0.2, 0.25) is 0 Å². The SMILES string of the molecule is COC(=O)CC[C@H](C)[C@H]1CC[C@H]2[C@@H]3CC[C@H]4C=CCC[C@]4(C)[C@H]3C[C@@H](O)[C@]12C. The Balaban J connectivity index is 1.55. The summed E-state index contributed by atoms with van der Waals surface area (Å²) in [5.41, 5.74) is 0.402. The van der Waals surface area contributed by atoms with E-state index in [1.807, 2.05) is 0 Å². The third-order valence-electron chi connectivity index (χ3n) is 10.1. The minimum atomic E-state index is -0.201. The van der Waals surface area contributed by atoms with Crippen LogP contribution >= 0.6 is 0 Å². The zero-order valence-electron chi connectivity index (χ0n) is 18.3. The van der Waals surface area contributed by atoms with Gasteiger partial charge in [0.25, 0.3) is 0 Å². The number of methoxy groups -OCH3 is 1. The van der Waals surface area contributed by atoms with Gasteiger partial charge in [-0.3, -0.25) is 4.79 Å².